The molecule has 0 spiro atoms. The second kappa shape index (κ2) is 7.37. The Bertz CT molecular complexity index is 941. The van der Waals surface area contributed by atoms with Gasteiger partial charge >= 0.3 is 5.97 Å². The molecule has 2 aromatic heterocycles. The van der Waals surface area contributed by atoms with Gasteiger partial charge in [-0.25, -0.2) is 13.1 Å². The van der Waals surface area contributed by atoms with E-state index >= 15 is 0 Å². The van der Waals surface area contributed by atoms with Crippen molar-refractivity contribution in [1.82, 2.24) is 9.78 Å². The standard InChI is InChI=1S/C15H18ClN3O5S2/c1-15(2,3)14(21)24-8-19-6-9(5-17-19)18-13(20)12-11(16)10(7-25-12)26(4,22)23/h5-7H,8H2,1-4H3,(H,18,20). The highest BCUT2D eigenvalue weighted by Crippen LogP contribution is 2.32. The van der Waals surface area contributed by atoms with Crippen molar-refractivity contribution in [3.8, 4) is 0 Å². The third-order valence-electron chi connectivity index (χ3n) is 3.14. The van der Waals surface area contributed by atoms with E-state index in [1.165, 1.54) is 22.5 Å². The van der Waals surface area contributed by atoms with Crippen LogP contribution in [0.5, 0.6) is 0 Å². The third kappa shape index (κ3) is 4.83. The van der Waals surface area contributed by atoms with Gasteiger partial charge in [-0.05, 0) is 20.8 Å². The smallest absolute Gasteiger partial charge is 0.313 e. The maximum atomic E-state index is 12.3. The van der Waals surface area contributed by atoms with Gasteiger partial charge in [-0.3, -0.25) is 9.59 Å². The largest absolute Gasteiger partial charge is 0.442 e. The molecular formula is C15H18ClN3O5S2. The van der Waals surface area contributed by atoms with Crippen LogP contribution in [0.15, 0.2) is 22.7 Å². The van der Waals surface area contributed by atoms with Crippen LogP contribution in [-0.4, -0.2) is 36.3 Å². The number of aromatic nitrogens is 2. The highest BCUT2D eigenvalue weighted by atomic mass is 35.5. The van der Waals surface area contributed by atoms with E-state index in [1.54, 1.807) is 20.8 Å². The normalized spacial score (nSPS) is 12.0. The summed E-state index contributed by atoms with van der Waals surface area (Å²) in [5.74, 6) is -0.932. The van der Waals surface area contributed by atoms with Crippen LogP contribution in [0.25, 0.3) is 0 Å². The molecule has 1 N–H and O–H groups in total. The molecule has 0 saturated carbocycles. The van der Waals surface area contributed by atoms with E-state index in [0.29, 0.717) is 5.69 Å². The first-order valence-electron chi connectivity index (χ1n) is 7.37. The number of hydrogen-bond donors (Lipinski definition) is 1. The Morgan fingerprint density at radius 1 is 1.38 bits per heavy atom. The van der Waals surface area contributed by atoms with Gasteiger partial charge in [0.05, 0.1) is 33.4 Å². The number of carbonyl (C=O) groups excluding carboxylic acids is 2. The molecule has 0 atom stereocenters. The van der Waals surface area contributed by atoms with Crippen LogP contribution in [0.4, 0.5) is 5.69 Å². The predicted octanol–water partition coefficient (Wildman–Crippen LogP) is 2.80. The SMILES string of the molecule is CC(C)(C)C(=O)OCn1cc(NC(=O)c2scc(S(C)(=O)=O)c2Cl)cn1. The molecule has 2 heterocycles. The van der Waals surface area contributed by atoms with Crippen molar-refractivity contribution >= 4 is 50.3 Å². The zero-order valence-electron chi connectivity index (χ0n) is 14.6. The number of nitrogens with zero attached hydrogens (tertiary/aromatic N) is 2. The number of esters is 1. The van der Waals surface area contributed by atoms with Crippen LogP contribution in [0.2, 0.25) is 5.02 Å². The maximum Gasteiger partial charge on any atom is 0.313 e. The number of ether oxygens (including phenoxy) is 1. The summed E-state index contributed by atoms with van der Waals surface area (Å²) in [4.78, 5) is 24.0. The third-order valence-corrected chi connectivity index (χ3v) is 6.00. The number of halogens is 1. The van der Waals surface area contributed by atoms with Crippen molar-refractivity contribution in [3.05, 3.63) is 27.7 Å². The van der Waals surface area contributed by atoms with Crippen LogP contribution < -0.4 is 5.32 Å². The van der Waals surface area contributed by atoms with Gasteiger partial charge in [0.2, 0.25) is 0 Å². The zero-order chi connectivity index (χ0) is 19.7. The molecule has 11 heteroatoms. The van der Waals surface area contributed by atoms with E-state index in [9.17, 15) is 18.0 Å². The summed E-state index contributed by atoms with van der Waals surface area (Å²) >= 11 is 6.93. The highest BCUT2D eigenvalue weighted by Gasteiger charge is 2.24. The number of thiophene rings is 1. The summed E-state index contributed by atoms with van der Waals surface area (Å²) in [5, 5.41) is 7.77. The average Bonchev–Trinajstić information content (AvgIpc) is 3.09. The number of carbonyl (C=O) groups is 2. The van der Waals surface area contributed by atoms with Crippen molar-refractivity contribution in [1.29, 1.82) is 0 Å². The molecule has 0 aromatic carbocycles. The fourth-order valence-electron chi connectivity index (χ4n) is 1.76. The van der Waals surface area contributed by atoms with E-state index in [0.717, 1.165) is 17.6 Å². The highest BCUT2D eigenvalue weighted by molar-refractivity contribution is 7.91. The first-order chi connectivity index (χ1) is 11.9. The Morgan fingerprint density at radius 3 is 2.58 bits per heavy atom. The van der Waals surface area contributed by atoms with E-state index in [-0.39, 0.29) is 27.5 Å². The lowest BCUT2D eigenvalue weighted by molar-refractivity contribution is -0.157. The van der Waals surface area contributed by atoms with Crippen molar-refractivity contribution in [2.75, 3.05) is 11.6 Å². The predicted molar refractivity (Wildman–Crippen MR) is 98.2 cm³/mol. The second-order valence-corrected chi connectivity index (χ2v) is 9.79. The van der Waals surface area contributed by atoms with Crippen LogP contribution in [0, 0.1) is 5.41 Å². The minimum absolute atomic E-state index is 0.0824. The molecule has 0 unspecified atom stereocenters. The Balaban J connectivity index is 2.04. The molecule has 0 aliphatic rings. The van der Waals surface area contributed by atoms with Crippen molar-refractivity contribution in [2.24, 2.45) is 5.41 Å². The Morgan fingerprint density at radius 2 is 2.04 bits per heavy atom. The molecule has 2 rings (SSSR count). The van der Waals surface area contributed by atoms with Crippen LogP contribution in [0.1, 0.15) is 30.4 Å². The number of sulfone groups is 1. The average molecular weight is 420 g/mol. The molecule has 0 radical (unpaired) electrons. The topological polar surface area (TPSA) is 107 Å². The van der Waals surface area contributed by atoms with Gasteiger partial charge in [-0.1, -0.05) is 11.6 Å². The van der Waals surface area contributed by atoms with Gasteiger partial charge in [0.15, 0.2) is 16.6 Å². The Kier molecular flexibility index (Phi) is 5.79. The maximum absolute atomic E-state index is 12.3. The van der Waals surface area contributed by atoms with Gasteiger partial charge < -0.3 is 10.1 Å². The summed E-state index contributed by atoms with van der Waals surface area (Å²) in [5.41, 5.74) is -0.274. The van der Waals surface area contributed by atoms with E-state index in [2.05, 4.69) is 10.4 Å². The molecule has 0 fully saturated rings. The van der Waals surface area contributed by atoms with E-state index < -0.39 is 21.2 Å². The van der Waals surface area contributed by atoms with Crippen LogP contribution in [-0.2, 0) is 26.1 Å². The quantitative estimate of drug-likeness (QED) is 0.746. The first-order valence-corrected chi connectivity index (χ1v) is 10.5. The van der Waals surface area contributed by atoms with Crippen LogP contribution in [0.3, 0.4) is 0 Å². The van der Waals surface area contributed by atoms with Crippen molar-refractivity contribution < 1.29 is 22.7 Å². The minimum Gasteiger partial charge on any atom is -0.442 e. The number of nitrogens with one attached hydrogen (secondary N) is 1. The number of anilines is 1. The Hall–Kier alpha value is -1.91. The molecule has 26 heavy (non-hydrogen) atoms. The lowest BCUT2D eigenvalue weighted by Gasteiger charge is -2.16. The van der Waals surface area contributed by atoms with Gasteiger partial charge in [-0.2, -0.15) is 5.10 Å². The molecule has 0 aliphatic carbocycles. The summed E-state index contributed by atoms with van der Waals surface area (Å²) in [7, 11) is -3.51. The fourth-order valence-corrected chi connectivity index (χ4v) is 4.57. The zero-order valence-corrected chi connectivity index (χ0v) is 17.0. The van der Waals surface area contributed by atoms with E-state index in [1.807, 2.05) is 0 Å². The molecular weight excluding hydrogens is 402 g/mol. The second-order valence-electron chi connectivity index (χ2n) is 6.55. The molecule has 1 amide bonds. The monoisotopic (exact) mass is 419 g/mol. The van der Waals surface area contributed by atoms with Crippen molar-refractivity contribution in [2.45, 2.75) is 32.4 Å². The van der Waals surface area contributed by atoms with Crippen molar-refractivity contribution in [3.63, 3.8) is 0 Å². The molecule has 0 aliphatic heterocycles. The number of amides is 1. The van der Waals surface area contributed by atoms with Crippen LogP contribution >= 0.6 is 22.9 Å². The lowest BCUT2D eigenvalue weighted by atomic mass is 9.98. The summed E-state index contributed by atoms with van der Waals surface area (Å²) in [6, 6.07) is 0. The summed E-state index contributed by atoms with van der Waals surface area (Å²) in [6.45, 7) is 5.11. The van der Waals surface area contributed by atoms with Gasteiger partial charge in [-0.15, -0.1) is 11.3 Å². The Labute approximate surface area is 160 Å². The van der Waals surface area contributed by atoms with Gasteiger partial charge in [0.1, 0.15) is 4.88 Å². The van der Waals surface area contributed by atoms with E-state index in [4.69, 9.17) is 16.3 Å². The number of hydrogen-bond acceptors (Lipinski definition) is 7. The van der Waals surface area contributed by atoms with Gasteiger partial charge in [0, 0.05) is 11.6 Å². The molecule has 2 aromatic rings. The number of rotatable bonds is 5. The van der Waals surface area contributed by atoms with Gasteiger partial charge in [0.25, 0.3) is 5.91 Å². The molecule has 142 valence electrons. The molecule has 8 nitrogen and oxygen atoms in total. The lowest BCUT2D eigenvalue weighted by Crippen LogP contribution is -2.24. The fraction of sp³-hybridized carbons (Fsp3) is 0.400. The summed E-state index contributed by atoms with van der Waals surface area (Å²) in [6.07, 6.45) is 3.88. The summed E-state index contributed by atoms with van der Waals surface area (Å²) < 4.78 is 29.6. The minimum atomic E-state index is -3.51. The first kappa shape index (κ1) is 20.4. The molecule has 0 bridgehead atoms. The molecule has 0 saturated heterocycles.